The van der Waals surface area contributed by atoms with Crippen molar-refractivity contribution < 1.29 is 14.6 Å². The van der Waals surface area contributed by atoms with Gasteiger partial charge >= 0.3 is 5.97 Å². The second-order valence-electron chi connectivity index (χ2n) is 14.7. The van der Waals surface area contributed by atoms with Crippen molar-refractivity contribution in [3.05, 3.63) is 64.4 Å². The Morgan fingerprint density at radius 1 is 1.00 bits per heavy atom. The molecular weight excluding hydrogens is 550 g/mol. The van der Waals surface area contributed by atoms with Crippen LogP contribution in [0.2, 0.25) is 0 Å². The van der Waals surface area contributed by atoms with Crippen molar-refractivity contribution in [3.8, 4) is 11.1 Å². The highest BCUT2D eigenvalue weighted by Crippen LogP contribution is 2.45. The molecule has 8 nitrogen and oxygen atoms in total. The molecule has 234 valence electrons. The number of aliphatic carboxylic acids is 1. The molecule has 0 spiro atoms. The highest BCUT2D eigenvalue weighted by atomic mass is 16.5. The zero-order valence-corrected chi connectivity index (χ0v) is 27.4. The number of nitrogens with zero attached hydrogens (tertiary/aromatic N) is 5. The minimum absolute atomic E-state index is 0.253. The maximum absolute atomic E-state index is 12.8. The molecule has 2 fully saturated rings. The molecule has 1 N–H and O–H groups in total. The van der Waals surface area contributed by atoms with Crippen molar-refractivity contribution in [2.75, 3.05) is 29.4 Å². The van der Waals surface area contributed by atoms with E-state index in [2.05, 4.69) is 53.8 Å². The van der Waals surface area contributed by atoms with Crippen LogP contribution in [0.3, 0.4) is 0 Å². The van der Waals surface area contributed by atoms with Crippen molar-refractivity contribution >= 4 is 17.5 Å². The van der Waals surface area contributed by atoms with E-state index >= 15 is 0 Å². The first-order valence-corrected chi connectivity index (χ1v) is 16.2. The lowest BCUT2D eigenvalue weighted by atomic mass is 9.81. The summed E-state index contributed by atoms with van der Waals surface area (Å²) in [5.74, 6) is 1.53. The number of anilines is 2. The maximum Gasteiger partial charge on any atom is 0.337 e. The maximum atomic E-state index is 12.8. The molecule has 0 bridgehead atoms. The lowest BCUT2D eigenvalue weighted by molar-refractivity contribution is -0.160. The van der Waals surface area contributed by atoms with Crippen LogP contribution in [-0.4, -0.2) is 51.3 Å². The molecule has 0 amide bonds. The number of aromatic nitrogens is 3. The summed E-state index contributed by atoms with van der Waals surface area (Å²) in [7, 11) is 0. The van der Waals surface area contributed by atoms with E-state index in [1.807, 2.05) is 40.0 Å². The Labute approximate surface area is 261 Å². The van der Waals surface area contributed by atoms with Crippen LogP contribution in [0, 0.1) is 19.3 Å². The molecular formula is C36H47N5O3. The SMILES string of the molecule is Cc1nc(C)c([C@H](OC(C)(C)C)C(=O)O)c(N2CCC(C)(C)CC2)c1-c1ccc2c(c1)CCN(c1ccnc(C3CC3)n1)C2. The smallest absolute Gasteiger partial charge is 0.337 e. The summed E-state index contributed by atoms with van der Waals surface area (Å²) >= 11 is 0. The molecule has 1 aromatic carbocycles. The number of ether oxygens (including phenoxy) is 1. The summed E-state index contributed by atoms with van der Waals surface area (Å²) in [5, 5.41) is 10.5. The Hall–Kier alpha value is -3.52. The van der Waals surface area contributed by atoms with Crippen molar-refractivity contribution in [1.82, 2.24) is 15.0 Å². The van der Waals surface area contributed by atoms with Gasteiger partial charge in [0.15, 0.2) is 6.10 Å². The topological polar surface area (TPSA) is 91.7 Å². The number of rotatable bonds is 7. The lowest BCUT2D eigenvalue weighted by Crippen LogP contribution is -2.39. The number of carbonyl (C=O) groups is 1. The van der Waals surface area contributed by atoms with Crippen LogP contribution in [0.4, 0.5) is 11.5 Å². The third-order valence-electron chi connectivity index (χ3n) is 9.40. The quantitative estimate of drug-likeness (QED) is 0.307. The Balaban J connectivity index is 1.41. The van der Waals surface area contributed by atoms with Gasteiger partial charge in [-0.15, -0.1) is 0 Å². The van der Waals surface area contributed by atoms with Gasteiger partial charge < -0.3 is 19.6 Å². The van der Waals surface area contributed by atoms with Gasteiger partial charge in [-0.05, 0) is 94.9 Å². The van der Waals surface area contributed by atoms with Crippen LogP contribution in [-0.2, 0) is 22.5 Å². The molecule has 6 rings (SSSR count). The number of piperidine rings is 1. The van der Waals surface area contributed by atoms with Gasteiger partial charge in [-0.25, -0.2) is 14.8 Å². The largest absolute Gasteiger partial charge is 0.479 e. The number of hydrogen-bond donors (Lipinski definition) is 1. The second-order valence-corrected chi connectivity index (χ2v) is 14.7. The van der Waals surface area contributed by atoms with Crippen LogP contribution in [0.15, 0.2) is 30.5 Å². The summed E-state index contributed by atoms with van der Waals surface area (Å²) < 4.78 is 6.26. The zero-order chi connectivity index (χ0) is 31.4. The van der Waals surface area contributed by atoms with E-state index in [0.717, 1.165) is 79.6 Å². The summed E-state index contributed by atoms with van der Waals surface area (Å²) in [5.41, 5.74) is 7.60. The van der Waals surface area contributed by atoms with Crippen LogP contribution >= 0.6 is 0 Å². The van der Waals surface area contributed by atoms with Gasteiger partial charge in [0.25, 0.3) is 0 Å². The Morgan fingerprint density at radius 3 is 2.39 bits per heavy atom. The molecule has 1 saturated heterocycles. The van der Waals surface area contributed by atoms with Crippen molar-refractivity contribution in [2.45, 2.75) is 105 Å². The monoisotopic (exact) mass is 597 g/mol. The first-order chi connectivity index (χ1) is 20.8. The van der Waals surface area contributed by atoms with Crippen molar-refractivity contribution in [2.24, 2.45) is 5.41 Å². The van der Waals surface area contributed by atoms with Gasteiger partial charge in [0.05, 0.1) is 11.3 Å². The Bertz CT molecular complexity index is 1560. The first kappa shape index (κ1) is 30.5. The van der Waals surface area contributed by atoms with E-state index in [-0.39, 0.29) is 5.41 Å². The number of carboxylic acids is 1. The normalized spacial score (nSPS) is 19.1. The Kier molecular flexibility index (Phi) is 7.93. The van der Waals surface area contributed by atoms with Crippen molar-refractivity contribution in [1.29, 1.82) is 0 Å². The highest BCUT2D eigenvalue weighted by molar-refractivity contribution is 5.88. The van der Waals surface area contributed by atoms with E-state index in [1.54, 1.807) is 0 Å². The minimum Gasteiger partial charge on any atom is -0.479 e. The van der Waals surface area contributed by atoms with Gasteiger partial charge in [-0.1, -0.05) is 32.0 Å². The molecule has 1 aliphatic carbocycles. The van der Waals surface area contributed by atoms with Gasteiger partial charge in [-0.2, -0.15) is 0 Å². The number of fused-ring (bicyclic) bond motifs is 1. The van der Waals surface area contributed by atoms with Crippen molar-refractivity contribution in [3.63, 3.8) is 0 Å². The molecule has 3 aromatic rings. The molecule has 4 heterocycles. The molecule has 0 unspecified atom stereocenters. The van der Waals surface area contributed by atoms with E-state index in [0.29, 0.717) is 17.2 Å². The molecule has 8 heteroatoms. The van der Waals surface area contributed by atoms with Crippen LogP contribution in [0.1, 0.15) is 106 Å². The first-order valence-electron chi connectivity index (χ1n) is 16.2. The highest BCUT2D eigenvalue weighted by Gasteiger charge is 2.37. The molecule has 2 aliphatic heterocycles. The standard InChI is InChI=1S/C36H47N5O3/c1-22-29(26-10-11-27-21-41(17-13-25(27)20-26)28-12-16-37-33(39-28)24-8-9-24)31(40-18-14-36(6,7)15-19-40)30(23(2)38-22)32(34(42)43)44-35(3,4)5/h10-12,16,20,24,32H,8-9,13-15,17-19,21H2,1-7H3,(H,42,43)/t32-/m0/s1. The van der Waals surface area contributed by atoms with E-state index in [1.165, 1.54) is 24.0 Å². The van der Waals surface area contributed by atoms with Gasteiger partial charge in [0, 0.05) is 60.8 Å². The van der Waals surface area contributed by atoms with Crippen LogP contribution in [0.5, 0.6) is 0 Å². The fraction of sp³-hybridized carbons (Fsp3) is 0.556. The van der Waals surface area contributed by atoms with E-state index in [4.69, 9.17) is 14.7 Å². The summed E-state index contributed by atoms with van der Waals surface area (Å²) in [4.78, 5) is 31.9. The molecule has 0 radical (unpaired) electrons. The number of carboxylic acid groups (broad SMARTS) is 1. The summed E-state index contributed by atoms with van der Waals surface area (Å²) in [6.07, 6.45) is 6.15. The summed E-state index contributed by atoms with van der Waals surface area (Å²) in [6, 6.07) is 8.77. The number of benzene rings is 1. The molecule has 1 atom stereocenters. The average Bonchev–Trinajstić information content (AvgIpc) is 3.81. The minimum atomic E-state index is -1.12. The fourth-order valence-electron chi connectivity index (χ4n) is 6.74. The van der Waals surface area contributed by atoms with Gasteiger partial charge in [0.1, 0.15) is 11.6 Å². The third-order valence-corrected chi connectivity index (χ3v) is 9.40. The Morgan fingerprint density at radius 2 is 1.73 bits per heavy atom. The second kappa shape index (κ2) is 11.4. The predicted octanol–water partition coefficient (Wildman–Crippen LogP) is 7.16. The third kappa shape index (κ3) is 6.32. The molecule has 2 aromatic heterocycles. The number of aryl methyl sites for hydroxylation is 2. The molecule has 44 heavy (non-hydrogen) atoms. The predicted molar refractivity (Wildman–Crippen MR) is 174 cm³/mol. The van der Waals surface area contributed by atoms with Crippen LogP contribution in [0.25, 0.3) is 11.1 Å². The van der Waals surface area contributed by atoms with Gasteiger partial charge in [-0.3, -0.25) is 4.98 Å². The number of hydrogen-bond acceptors (Lipinski definition) is 7. The molecule has 3 aliphatic rings. The summed E-state index contributed by atoms with van der Waals surface area (Å²) in [6.45, 7) is 17.8. The van der Waals surface area contributed by atoms with Crippen LogP contribution < -0.4 is 9.80 Å². The zero-order valence-electron chi connectivity index (χ0n) is 27.4. The van der Waals surface area contributed by atoms with E-state index < -0.39 is 17.7 Å². The fourth-order valence-corrected chi connectivity index (χ4v) is 6.74. The van der Waals surface area contributed by atoms with Gasteiger partial charge in [0.2, 0.25) is 0 Å². The lowest BCUT2D eigenvalue weighted by Gasteiger charge is -2.41. The van der Waals surface area contributed by atoms with E-state index in [9.17, 15) is 9.90 Å². The molecule has 1 saturated carbocycles. The average molecular weight is 598 g/mol. The number of pyridine rings is 1.